The van der Waals surface area contributed by atoms with E-state index in [4.69, 9.17) is 28.7 Å². The van der Waals surface area contributed by atoms with Gasteiger partial charge in [-0.2, -0.15) is 0 Å². The number of carbonyl (C=O) groups excluding carboxylic acids is 8. The zero-order valence-corrected chi connectivity index (χ0v) is 47.6. The average Bonchev–Trinajstić information content (AvgIpc) is 4.13. The highest BCUT2D eigenvalue weighted by atomic mass is 16.2. The van der Waals surface area contributed by atoms with E-state index in [1.807, 2.05) is 86.6 Å². The smallest absolute Gasteiger partial charge is 0.244 e. The molecule has 4 heterocycles. The van der Waals surface area contributed by atoms with Gasteiger partial charge in [-0.05, 0) is 105 Å². The number of aromatic amines is 3. The van der Waals surface area contributed by atoms with E-state index in [2.05, 4.69) is 62.5 Å². The van der Waals surface area contributed by atoms with Crippen molar-refractivity contribution in [2.24, 2.45) is 39.6 Å². The summed E-state index contributed by atoms with van der Waals surface area (Å²) in [4.78, 5) is 132. The van der Waals surface area contributed by atoms with Crippen LogP contribution in [0.3, 0.4) is 0 Å². The van der Waals surface area contributed by atoms with Gasteiger partial charge in [0.1, 0.15) is 48.3 Å². The molecular weight excluding hydrogens is 1070 g/mol. The molecule has 1 fully saturated rings. The van der Waals surface area contributed by atoms with Crippen molar-refractivity contribution in [3.63, 3.8) is 0 Å². The molecule has 0 aliphatic carbocycles. The Bertz CT molecular complexity index is 3270. The van der Waals surface area contributed by atoms with Crippen molar-refractivity contribution >= 4 is 85.9 Å². The number of nitrogens with two attached hydrogens (primary N) is 5. The van der Waals surface area contributed by atoms with Gasteiger partial charge in [0.05, 0.1) is 0 Å². The largest absolute Gasteiger partial charge is 0.370 e. The summed E-state index contributed by atoms with van der Waals surface area (Å²) in [6.07, 6.45) is 6.26. The molecule has 7 rings (SSSR count). The fourth-order valence-electron chi connectivity index (χ4n) is 10.4. The number of aliphatic imine (C=N–C) groups is 1. The lowest BCUT2D eigenvalue weighted by Gasteiger charge is -2.29. The van der Waals surface area contributed by atoms with Gasteiger partial charge in [0, 0.05) is 83.7 Å². The summed E-state index contributed by atoms with van der Waals surface area (Å²) in [5.41, 5.74) is 33.4. The molecule has 3 aromatic carbocycles. The minimum atomic E-state index is -1.46. The highest BCUT2D eigenvalue weighted by Gasteiger charge is 2.37. The molecule has 8 amide bonds. The number of hydrogen-bond acceptors (Lipinski definition) is 12. The van der Waals surface area contributed by atoms with Crippen LogP contribution in [-0.2, 0) is 57.6 Å². The molecule has 1 aliphatic heterocycles. The van der Waals surface area contributed by atoms with Gasteiger partial charge in [0.15, 0.2) is 5.96 Å². The van der Waals surface area contributed by atoms with E-state index < -0.39 is 102 Å². The van der Waals surface area contributed by atoms with Crippen molar-refractivity contribution in [2.75, 3.05) is 26.2 Å². The second kappa shape index (κ2) is 30.5. The van der Waals surface area contributed by atoms with E-state index in [1.54, 1.807) is 18.6 Å². The third kappa shape index (κ3) is 17.1. The normalized spacial score (nSPS) is 22.1. The van der Waals surface area contributed by atoms with E-state index in [9.17, 15) is 24.0 Å². The van der Waals surface area contributed by atoms with Crippen molar-refractivity contribution in [3.8, 4) is 0 Å². The number of hydrogen-bond donors (Lipinski definition) is 16. The molecule has 450 valence electrons. The maximum Gasteiger partial charge on any atom is 0.244 e. The monoisotopic (exact) mass is 1160 g/mol. The molecule has 0 bridgehead atoms. The summed E-state index contributed by atoms with van der Waals surface area (Å²) in [7, 11) is 0. The Balaban J connectivity index is 1.32. The molecule has 3 aromatic heterocycles. The lowest BCUT2D eigenvalue weighted by atomic mass is 9.98. The molecule has 6 aromatic rings. The molecule has 21 N–H and O–H groups in total. The minimum Gasteiger partial charge on any atom is -0.370 e. The van der Waals surface area contributed by atoms with Crippen molar-refractivity contribution in [2.45, 2.75) is 133 Å². The first-order valence-electron chi connectivity index (χ1n) is 28.7. The number of amides is 8. The van der Waals surface area contributed by atoms with Gasteiger partial charge in [-0.1, -0.05) is 68.4 Å². The standard InChI is InChI=1S/C59H81N17O8/c1-33(2)25-46-54(80)74-49(28-36-32-68-42-18-8-5-15-39(36)42)57(83)75-47(26-34-30-66-40-16-6-3-13-37(34)40)55(81)70-44(20-11-23-61)53(79)76-50(29-62)58(84)71-45(21-12-24-65-59(63)64)51(77)69-43(19-9-10-22-60)52(78)73-48(56(82)72-46)27-35-31-67-41-17-7-4-14-38(35)41/h3-8,13-18,30-33,43-50,66-68H,9-12,19-29,60-62H2,1-2H3,(H,69,77)(H,70,81)(H,71,84)(H,72,82)(H,73,78)(H,74,80)(H,75,83)(H,76,79)(H4,63,64,65)/t43-,44-,45-,46-,47-,48-,49-,50-/m0/s1. The maximum atomic E-state index is 15.2. The minimum absolute atomic E-state index is 0.00495. The van der Waals surface area contributed by atoms with Crippen LogP contribution < -0.4 is 71.2 Å². The topological polar surface area (TPSA) is 423 Å². The van der Waals surface area contributed by atoms with E-state index in [1.165, 1.54) is 0 Å². The number of guanidine groups is 1. The number of H-pyrrole nitrogens is 3. The summed E-state index contributed by atoms with van der Waals surface area (Å²) >= 11 is 0. The van der Waals surface area contributed by atoms with Crippen LogP contribution in [-0.4, -0.2) is 143 Å². The number of para-hydroxylation sites is 3. The van der Waals surface area contributed by atoms with E-state index >= 15 is 14.4 Å². The first-order chi connectivity index (χ1) is 40.5. The van der Waals surface area contributed by atoms with Crippen molar-refractivity contribution in [1.82, 2.24) is 57.5 Å². The van der Waals surface area contributed by atoms with Crippen LogP contribution in [0.2, 0.25) is 0 Å². The van der Waals surface area contributed by atoms with Crippen molar-refractivity contribution < 1.29 is 38.4 Å². The number of nitrogens with zero attached hydrogens (tertiary/aromatic N) is 1. The van der Waals surface area contributed by atoms with E-state index in [-0.39, 0.29) is 89.3 Å². The third-order valence-electron chi connectivity index (χ3n) is 14.9. The van der Waals surface area contributed by atoms with E-state index in [0.29, 0.717) is 29.5 Å². The third-order valence-corrected chi connectivity index (χ3v) is 14.9. The van der Waals surface area contributed by atoms with Gasteiger partial charge in [-0.15, -0.1) is 0 Å². The van der Waals surface area contributed by atoms with Gasteiger partial charge in [0.2, 0.25) is 47.3 Å². The Hall–Kier alpha value is -8.81. The molecule has 0 radical (unpaired) electrons. The SMILES string of the molecule is CC(C)C[C@@H]1NC(=O)[C@H](Cc2c[nH]c3ccccc23)NC(=O)[C@H](CCCCN)NC(=O)[C@H](CCCN=C(N)N)NC(=O)[C@H](CN)NC(=O)[C@H](CCCN)NC(=O)[C@H](Cc2c[nH]c3ccccc23)NC(=O)[C@H](Cc2c[nH]c3ccccc23)NC1=O. The fourth-order valence-corrected chi connectivity index (χ4v) is 10.4. The van der Waals surface area contributed by atoms with Crippen molar-refractivity contribution in [3.05, 3.63) is 108 Å². The Labute approximate surface area is 486 Å². The van der Waals surface area contributed by atoms with Gasteiger partial charge in [-0.3, -0.25) is 43.3 Å². The zero-order chi connectivity index (χ0) is 60.3. The number of carbonyl (C=O) groups is 8. The summed E-state index contributed by atoms with van der Waals surface area (Å²) in [6, 6.07) is 11.4. The van der Waals surface area contributed by atoms with Crippen LogP contribution in [0, 0.1) is 5.92 Å². The first-order valence-corrected chi connectivity index (χ1v) is 28.7. The van der Waals surface area contributed by atoms with Crippen LogP contribution >= 0.6 is 0 Å². The molecule has 25 heteroatoms. The summed E-state index contributed by atoms with van der Waals surface area (Å²) in [5.74, 6) is -6.63. The zero-order valence-electron chi connectivity index (χ0n) is 47.6. The van der Waals surface area contributed by atoms with Gasteiger partial charge >= 0.3 is 0 Å². The lowest BCUT2D eigenvalue weighted by molar-refractivity contribution is -0.136. The number of benzene rings is 3. The number of rotatable bonds is 20. The number of unbranched alkanes of at least 4 members (excludes halogenated alkanes) is 1. The van der Waals surface area contributed by atoms with Crippen molar-refractivity contribution in [1.29, 1.82) is 0 Å². The molecule has 84 heavy (non-hydrogen) atoms. The second-order valence-electron chi connectivity index (χ2n) is 21.7. The lowest BCUT2D eigenvalue weighted by Crippen LogP contribution is -2.62. The van der Waals surface area contributed by atoms with Gasteiger partial charge < -0.3 is 86.2 Å². The van der Waals surface area contributed by atoms with Gasteiger partial charge in [-0.25, -0.2) is 0 Å². The second-order valence-corrected chi connectivity index (χ2v) is 21.7. The Morgan fingerprint density at radius 2 is 0.738 bits per heavy atom. The molecular formula is C59H81N17O8. The van der Waals surface area contributed by atoms with Crippen LogP contribution in [0.1, 0.15) is 81.9 Å². The Morgan fingerprint density at radius 3 is 1.12 bits per heavy atom. The molecule has 8 atom stereocenters. The molecule has 1 saturated heterocycles. The maximum absolute atomic E-state index is 15.2. The summed E-state index contributed by atoms with van der Waals surface area (Å²) in [6.45, 7) is 3.73. The van der Waals surface area contributed by atoms with Crippen LogP contribution in [0.25, 0.3) is 32.7 Å². The molecule has 0 saturated carbocycles. The van der Waals surface area contributed by atoms with Crippen LogP contribution in [0.5, 0.6) is 0 Å². The van der Waals surface area contributed by atoms with Gasteiger partial charge in [0.25, 0.3) is 0 Å². The number of aromatic nitrogens is 3. The summed E-state index contributed by atoms with van der Waals surface area (Å²) < 4.78 is 0. The molecule has 1 aliphatic rings. The Kier molecular flexibility index (Phi) is 22.8. The van der Waals surface area contributed by atoms with E-state index in [0.717, 1.165) is 32.7 Å². The highest BCUT2D eigenvalue weighted by Crippen LogP contribution is 2.23. The van der Waals surface area contributed by atoms with Crippen LogP contribution in [0.4, 0.5) is 0 Å². The van der Waals surface area contributed by atoms with Crippen LogP contribution in [0.15, 0.2) is 96.4 Å². The molecule has 0 spiro atoms. The Morgan fingerprint density at radius 1 is 0.417 bits per heavy atom. The number of fused-ring (bicyclic) bond motifs is 3. The average molecular weight is 1160 g/mol. The number of nitrogens with one attached hydrogen (secondary N) is 11. The predicted octanol–water partition coefficient (Wildman–Crippen LogP) is -0.0233. The molecule has 25 nitrogen and oxygen atoms in total. The first kappa shape index (κ1) is 62.8. The quantitative estimate of drug-likeness (QED) is 0.0272. The summed E-state index contributed by atoms with van der Waals surface area (Å²) in [5, 5.41) is 24.9. The fraction of sp³-hybridized carbons (Fsp3) is 0.441. The predicted molar refractivity (Wildman–Crippen MR) is 321 cm³/mol. The highest BCUT2D eigenvalue weighted by molar-refractivity contribution is 6.00. The molecule has 0 unspecified atom stereocenters.